The SMILES string of the molecule is COC(=O)c1ccccc1Cn1ccnc1C(F)(F)F. The zero-order chi connectivity index (χ0) is 14.8. The lowest BCUT2D eigenvalue weighted by Crippen LogP contribution is -2.16. The van der Waals surface area contributed by atoms with Crippen molar-refractivity contribution >= 4 is 5.97 Å². The Morgan fingerprint density at radius 1 is 1.35 bits per heavy atom. The van der Waals surface area contributed by atoms with Gasteiger partial charge < -0.3 is 9.30 Å². The van der Waals surface area contributed by atoms with E-state index in [4.69, 9.17) is 0 Å². The van der Waals surface area contributed by atoms with Crippen molar-refractivity contribution in [3.8, 4) is 0 Å². The maximum atomic E-state index is 12.7. The van der Waals surface area contributed by atoms with E-state index < -0.39 is 18.0 Å². The molecule has 1 heterocycles. The molecule has 0 saturated heterocycles. The Kier molecular flexibility index (Phi) is 3.78. The molecule has 0 fully saturated rings. The van der Waals surface area contributed by atoms with E-state index in [1.54, 1.807) is 18.2 Å². The van der Waals surface area contributed by atoms with Crippen molar-refractivity contribution in [3.05, 3.63) is 53.6 Å². The van der Waals surface area contributed by atoms with Gasteiger partial charge in [0.25, 0.3) is 0 Å². The van der Waals surface area contributed by atoms with E-state index in [1.165, 1.54) is 19.4 Å². The lowest BCUT2D eigenvalue weighted by Gasteiger charge is -2.12. The van der Waals surface area contributed by atoms with Gasteiger partial charge in [0.2, 0.25) is 5.82 Å². The van der Waals surface area contributed by atoms with Crippen molar-refractivity contribution in [1.29, 1.82) is 0 Å². The van der Waals surface area contributed by atoms with E-state index in [-0.39, 0.29) is 12.1 Å². The molecule has 20 heavy (non-hydrogen) atoms. The number of methoxy groups -OCH3 is 1. The minimum Gasteiger partial charge on any atom is -0.465 e. The van der Waals surface area contributed by atoms with Gasteiger partial charge in [-0.15, -0.1) is 0 Å². The van der Waals surface area contributed by atoms with Crippen molar-refractivity contribution < 1.29 is 22.7 Å². The molecular weight excluding hydrogens is 273 g/mol. The summed E-state index contributed by atoms with van der Waals surface area (Å²) in [5.74, 6) is -1.59. The van der Waals surface area contributed by atoms with Gasteiger partial charge in [-0.1, -0.05) is 18.2 Å². The fourth-order valence-electron chi connectivity index (χ4n) is 1.84. The Morgan fingerprint density at radius 2 is 2.05 bits per heavy atom. The molecule has 0 bridgehead atoms. The number of esters is 1. The van der Waals surface area contributed by atoms with Gasteiger partial charge in [-0.2, -0.15) is 13.2 Å². The molecule has 4 nitrogen and oxygen atoms in total. The fourth-order valence-corrected chi connectivity index (χ4v) is 1.84. The molecule has 0 unspecified atom stereocenters. The van der Waals surface area contributed by atoms with Crippen molar-refractivity contribution in [3.63, 3.8) is 0 Å². The molecule has 1 aromatic carbocycles. The molecule has 0 aliphatic carbocycles. The third-order valence-electron chi connectivity index (χ3n) is 2.73. The van der Waals surface area contributed by atoms with Crippen molar-refractivity contribution in [2.24, 2.45) is 0 Å². The number of ether oxygens (including phenoxy) is 1. The van der Waals surface area contributed by atoms with Gasteiger partial charge in [0, 0.05) is 18.9 Å². The van der Waals surface area contributed by atoms with Gasteiger partial charge in [-0.05, 0) is 11.6 Å². The molecule has 106 valence electrons. The minimum absolute atomic E-state index is 0.111. The Hall–Kier alpha value is -2.31. The molecule has 2 aromatic rings. The Bertz CT molecular complexity index is 620. The number of carbonyl (C=O) groups is 1. The van der Waals surface area contributed by atoms with E-state index in [0.717, 1.165) is 10.8 Å². The van der Waals surface area contributed by atoms with Crippen molar-refractivity contribution in [1.82, 2.24) is 9.55 Å². The maximum Gasteiger partial charge on any atom is 0.449 e. The van der Waals surface area contributed by atoms with Crippen LogP contribution in [0.5, 0.6) is 0 Å². The predicted molar refractivity (Wildman–Crippen MR) is 64.1 cm³/mol. The predicted octanol–water partition coefficient (Wildman–Crippen LogP) is 2.74. The molecule has 1 aromatic heterocycles. The van der Waals surface area contributed by atoms with E-state index in [1.807, 2.05) is 0 Å². The molecule has 7 heteroatoms. The van der Waals surface area contributed by atoms with E-state index in [9.17, 15) is 18.0 Å². The first-order chi connectivity index (χ1) is 9.43. The van der Waals surface area contributed by atoms with Crippen LogP contribution in [0.3, 0.4) is 0 Å². The quantitative estimate of drug-likeness (QED) is 0.814. The molecule has 0 N–H and O–H groups in total. The number of halogens is 3. The first-order valence-corrected chi connectivity index (χ1v) is 5.68. The molecule has 0 radical (unpaired) electrons. The number of alkyl halides is 3. The van der Waals surface area contributed by atoms with Gasteiger partial charge >= 0.3 is 12.1 Å². The highest BCUT2D eigenvalue weighted by atomic mass is 19.4. The van der Waals surface area contributed by atoms with Crippen LogP contribution in [0.2, 0.25) is 0 Å². The van der Waals surface area contributed by atoms with Gasteiger partial charge in [0.15, 0.2) is 0 Å². The van der Waals surface area contributed by atoms with E-state index in [0.29, 0.717) is 5.56 Å². The second-order valence-electron chi connectivity index (χ2n) is 4.03. The third-order valence-corrected chi connectivity index (χ3v) is 2.73. The summed E-state index contributed by atoms with van der Waals surface area (Å²) in [7, 11) is 1.22. The Morgan fingerprint density at radius 3 is 2.70 bits per heavy atom. The van der Waals surface area contributed by atoms with Gasteiger partial charge in [0.1, 0.15) is 0 Å². The molecule has 0 aliphatic heterocycles. The maximum absolute atomic E-state index is 12.7. The molecule has 0 atom stereocenters. The summed E-state index contributed by atoms with van der Waals surface area (Å²) >= 11 is 0. The molecule has 0 spiro atoms. The average Bonchev–Trinajstić information content (AvgIpc) is 2.86. The third kappa shape index (κ3) is 2.81. The summed E-state index contributed by atoms with van der Waals surface area (Å²) in [5, 5.41) is 0. The Labute approximate surface area is 112 Å². The summed E-state index contributed by atoms with van der Waals surface area (Å²) in [6.45, 7) is -0.111. The normalized spacial score (nSPS) is 11.4. The van der Waals surface area contributed by atoms with Crippen LogP contribution in [0, 0.1) is 0 Å². The first-order valence-electron chi connectivity index (χ1n) is 5.68. The van der Waals surface area contributed by atoms with Crippen LogP contribution >= 0.6 is 0 Å². The molecular formula is C13H11F3N2O2. The highest BCUT2D eigenvalue weighted by Gasteiger charge is 2.36. The summed E-state index contributed by atoms with van der Waals surface area (Å²) in [5.41, 5.74) is 0.666. The van der Waals surface area contributed by atoms with Crippen LogP contribution in [0.1, 0.15) is 21.7 Å². The molecule has 0 aliphatic rings. The number of benzene rings is 1. The summed E-state index contributed by atoms with van der Waals surface area (Å²) in [6.07, 6.45) is -2.25. The number of carbonyl (C=O) groups excluding carboxylic acids is 1. The van der Waals surface area contributed by atoms with Gasteiger partial charge in [0.05, 0.1) is 12.7 Å². The minimum atomic E-state index is -4.54. The van der Waals surface area contributed by atoms with Crippen LogP contribution in [-0.4, -0.2) is 22.6 Å². The monoisotopic (exact) mass is 284 g/mol. The molecule has 0 amide bonds. The second kappa shape index (κ2) is 5.36. The fraction of sp³-hybridized carbons (Fsp3) is 0.231. The highest BCUT2D eigenvalue weighted by molar-refractivity contribution is 5.90. The molecule has 0 saturated carbocycles. The smallest absolute Gasteiger partial charge is 0.449 e. The lowest BCUT2D eigenvalue weighted by atomic mass is 10.1. The van der Waals surface area contributed by atoms with Gasteiger partial charge in [-0.25, -0.2) is 9.78 Å². The number of hydrogen-bond donors (Lipinski definition) is 0. The summed E-state index contributed by atoms with van der Waals surface area (Å²) in [6, 6.07) is 6.35. The summed E-state index contributed by atoms with van der Waals surface area (Å²) in [4.78, 5) is 14.9. The van der Waals surface area contributed by atoms with Crippen LogP contribution < -0.4 is 0 Å². The topological polar surface area (TPSA) is 44.1 Å². The largest absolute Gasteiger partial charge is 0.465 e. The number of imidazole rings is 1. The van der Waals surface area contributed by atoms with E-state index in [2.05, 4.69) is 9.72 Å². The van der Waals surface area contributed by atoms with Crippen LogP contribution in [-0.2, 0) is 17.5 Å². The standard InChI is InChI=1S/C13H11F3N2O2/c1-20-11(19)10-5-3-2-4-9(10)8-18-7-6-17-12(18)13(14,15)16/h2-7H,8H2,1H3. The Balaban J connectivity index is 2.37. The van der Waals surface area contributed by atoms with Crippen LogP contribution in [0.25, 0.3) is 0 Å². The number of rotatable bonds is 3. The van der Waals surface area contributed by atoms with Crippen molar-refractivity contribution in [2.75, 3.05) is 7.11 Å². The number of aromatic nitrogens is 2. The highest BCUT2D eigenvalue weighted by Crippen LogP contribution is 2.28. The zero-order valence-electron chi connectivity index (χ0n) is 10.5. The first kappa shape index (κ1) is 14.1. The lowest BCUT2D eigenvalue weighted by molar-refractivity contribution is -0.147. The second-order valence-corrected chi connectivity index (χ2v) is 4.03. The molecule has 2 rings (SSSR count). The van der Waals surface area contributed by atoms with E-state index >= 15 is 0 Å². The van der Waals surface area contributed by atoms with Crippen LogP contribution in [0.15, 0.2) is 36.7 Å². The number of hydrogen-bond acceptors (Lipinski definition) is 3. The zero-order valence-corrected chi connectivity index (χ0v) is 10.5. The van der Waals surface area contributed by atoms with Gasteiger partial charge in [-0.3, -0.25) is 0 Å². The van der Waals surface area contributed by atoms with Crippen molar-refractivity contribution in [2.45, 2.75) is 12.7 Å². The van der Waals surface area contributed by atoms with Crippen LogP contribution in [0.4, 0.5) is 13.2 Å². The average molecular weight is 284 g/mol. The summed E-state index contributed by atoms with van der Waals surface area (Å²) < 4.78 is 43.8. The number of nitrogens with zero attached hydrogens (tertiary/aromatic N) is 2.